The lowest BCUT2D eigenvalue weighted by atomic mass is 9.92. The van der Waals surface area contributed by atoms with Crippen molar-refractivity contribution in [2.24, 2.45) is 10.9 Å². The summed E-state index contributed by atoms with van der Waals surface area (Å²) in [7, 11) is 0. The Hall–Kier alpha value is -2.80. The van der Waals surface area contributed by atoms with Crippen LogP contribution in [0.25, 0.3) is 0 Å². The van der Waals surface area contributed by atoms with E-state index in [0.717, 1.165) is 53.9 Å². The van der Waals surface area contributed by atoms with Crippen LogP contribution in [0.5, 0.6) is 0 Å². The van der Waals surface area contributed by atoms with Gasteiger partial charge in [-0.1, -0.05) is 46.3 Å². The van der Waals surface area contributed by atoms with Crippen LogP contribution in [-0.2, 0) is 20.9 Å². The van der Waals surface area contributed by atoms with Crippen molar-refractivity contribution < 1.29 is 14.3 Å². The van der Waals surface area contributed by atoms with Crippen LogP contribution in [0.3, 0.4) is 0 Å². The van der Waals surface area contributed by atoms with Gasteiger partial charge < -0.3 is 19.7 Å². The fourth-order valence-corrected chi connectivity index (χ4v) is 4.86. The highest BCUT2D eigenvalue weighted by atomic mass is 79.9. The van der Waals surface area contributed by atoms with Crippen LogP contribution in [0.4, 0.5) is 5.69 Å². The van der Waals surface area contributed by atoms with Crippen LogP contribution in [-0.4, -0.2) is 36.5 Å². The predicted molar refractivity (Wildman–Crippen MR) is 148 cm³/mol. The summed E-state index contributed by atoms with van der Waals surface area (Å²) >= 11 is 3.51. The summed E-state index contributed by atoms with van der Waals surface area (Å²) in [6, 6.07) is 17.6. The Morgan fingerprint density at radius 3 is 2.39 bits per heavy atom. The fraction of sp³-hybridized carbons (Fsp3) is 0.448. The van der Waals surface area contributed by atoms with Gasteiger partial charge in [-0.15, -0.1) is 0 Å². The molecule has 0 aliphatic carbocycles. The number of nitrogens with one attached hydrogen (secondary N) is 1. The predicted octanol–water partition coefficient (Wildman–Crippen LogP) is 6.22. The van der Waals surface area contributed by atoms with Gasteiger partial charge in [-0.25, -0.2) is 9.79 Å². The molecule has 0 aromatic heterocycles. The van der Waals surface area contributed by atoms with Crippen molar-refractivity contribution in [1.82, 2.24) is 5.32 Å². The molecule has 2 aliphatic rings. The number of halogens is 1. The van der Waals surface area contributed by atoms with E-state index in [1.165, 1.54) is 5.69 Å². The van der Waals surface area contributed by atoms with E-state index < -0.39 is 11.6 Å². The van der Waals surface area contributed by atoms with Gasteiger partial charge >= 0.3 is 5.97 Å². The quantitative estimate of drug-likeness (QED) is 0.412. The molecule has 0 saturated carbocycles. The molecule has 0 amide bonds. The second-order valence-electron chi connectivity index (χ2n) is 10.5. The van der Waals surface area contributed by atoms with Crippen LogP contribution < -0.4 is 10.2 Å². The van der Waals surface area contributed by atoms with Crippen LogP contribution in [0, 0.1) is 5.92 Å². The number of anilines is 1. The number of rotatable bonds is 7. The number of benzene rings is 2. The summed E-state index contributed by atoms with van der Waals surface area (Å²) in [5, 5.41) is 3.42. The van der Waals surface area contributed by atoms with Gasteiger partial charge in [0.2, 0.25) is 6.04 Å². The number of esters is 1. The summed E-state index contributed by atoms with van der Waals surface area (Å²) < 4.78 is 13.0. The third kappa shape index (κ3) is 7.12. The minimum Gasteiger partial charge on any atom is -0.489 e. The number of carbonyl (C=O) groups is 1. The van der Waals surface area contributed by atoms with E-state index in [0.29, 0.717) is 18.3 Å². The normalized spacial score (nSPS) is 19.0. The molecule has 7 heteroatoms. The molecule has 1 saturated heterocycles. The maximum Gasteiger partial charge on any atom is 0.339 e. The van der Waals surface area contributed by atoms with E-state index in [1.807, 2.05) is 58.0 Å². The van der Waals surface area contributed by atoms with Crippen molar-refractivity contribution in [2.75, 3.05) is 18.0 Å². The lowest BCUT2D eigenvalue weighted by molar-refractivity contribution is -0.156. The number of amidine groups is 1. The van der Waals surface area contributed by atoms with Crippen molar-refractivity contribution in [3.63, 3.8) is 0 Å². The van der Waals surface area contributed by atoms with Gasteiger partial charge in [0.1, 0.15) is 18.0 Å². The summed E-state index contributed by atoms with van der Waals surface area (Å²) in [5.74, 6) is 1.48. The molecule has 1 N–H and O–H groups in total. The van der Waals surface area contributed by atoms with Crippen molar-refractivity contribution in [3.05, 3.63) is 76.1 Å². The number of nitrogens with zero attached hydrogens (tertiary/aromatic N) is 2. The zero-order valence-electron chi connectivity index (χ0n) is 21.6. The Balaban J connectivity index is 1.43. The molecule has 36 heavy (non-hydrogen) atoms. The zero-order valence-corrected chi connectivity index (χ0v) is 23.2. The molecule has 4 rings (SSSR count). The highest BCUT2D eigenvalue weighted by Gasteiger charge is 2.35. The van der Waals surface area contributed by atoms with E-state index in [4.69, 9.17) is 14.5 Å². The van der Waals surface area contributed by atoms with Gasteiger partial charge in [0.15, 0.2) is 5.76 Å². The molecule has 1 fully saturated rings. The number of hydrogen-bond donors (Lipinski definition) is 1. The number of carbonyl (C=O) groups excluding carboxylic acids is 1. The SMILES string of the molecule is CC1=C(OCc2ccccc2)C(C(=O)OC(C)(C)C)N=C(CC2CCN(c3ccc(Br)cc3)CC2)N1. The first-order chi connectivity index (χ1) is 17.2. The van der Waals surface area contributed by atoms with Crippen LogP contribution in [0.15, 0.2) is 75.5 Å². The third-order valence-electron chi connectivity index (χ3n) is 6.39. The van der Waals surface area contributed by atoms with Gasteiger partial charge in [-0.05, 0) is 76.3 Å². The van der Waals surface area contributed by atoms with Gasteiger partial charge in [0, 0.05) is 29.7 Å². The van der Waals surface area contributed by atoms with Crippen molar-refractivity contribution in [2.45, 2.75) is 65.2 Å². The van der Waals surface area contributed by atoms with E-state index in [1.54, 1.807) is 0 Å². The molecule has 192 valence electrons. The van der Waals surface area contributed by atoms with Crippen molar-refractivity contribution >= 4 is 33.4 Å². The molecule has 0 radical (unpaired) electrons. The molecule has 2 aromatic carbocycles. The van der Waals surface area contributed by atoms with E-state index in [9.17, 15) is 4.79 Å². The first-order valence-corrected chi connectivity index (χ1v) is 13.4. The van der Waals surface area contributed by atoms with E-state index in [2.05, 4.69) is 50.4 Å². The van der Waals surface area contributed by atoms with Crippen LogP contribution >= 0.6 is 15.9 Å². The minimum atomic E-state index is -0.799. The Kier molecular flexibility index (Phi) is 8.39. The first kappa shape index (κ1) is 26.3. The third-order valence-corrected chi connectivity index (χ3v) is 6.92. The Labute approximate surface area is 222 Å². The second kappa shape index (κ2) is 11.5. The van der Waals surface area contributed by atoms with Crippen LogP contribution in [0.1, 0.15) is 52.5 Å². The molecule has 1 atom stereocenters. The monoisotopic (exact) mass is 553 g/mol. The average molecular weight is 555 g/mol. The molecule has 2 heterocycles. The van der Waals surface area contributed by atoms with E-state index in [-0.39, 0.29) is 5.97 Å². The molecule has 0 bridgehead atoms. The minimum absolute atomic E-state index is 0.369. The maximum atomic E-state index is 13.2. The summed E-state index contributed by atoms with van der Waals surface area (Å²) in [5.41, 5.74) is 2.51. The van der Waals surface area contributed by atoms with Crippen molar-refractivity contribution in [3.8, 4) is 0 Å². The van der Waals surface area contributed by atoms with Gasteiger partial charge in [0.05, 0.1) is 5.70 Å². The number of allylic oxidation sites excluding steroid dienone is 1. The lowest BCUT2D eigenvalue weighted by Gasteiger charge is -2.35. The zero-order chi connectivity index (χ0) is 25.7. The highest BCUT2D eigenvalue weighted by molar-refractivity contribution is 9.10. The molecule has 6 nitrogen and oxygen atoms in total. The first-order valence-electron chi connectivity index (χ1n) is 12.6. The van der Waals surface area contributed by atoms with Gasteiger partial charge in [-0.2, -0.15) is 0 Å². The molecular weight excluding hydrogens is 518 g/mol. The number of hydrogen-bond acceptors (Lipinski definition) is 6. The maximum absolute atomic E-state index is 13.2. The molecule has 0 spiro atoms. The topological polar surface area (TPSA) is 63.2 Å². The molecular formula is C29H36BrN3O3. The Bertz CT molecular complexity index is 1100. The summed E-state index contributed by atoms with van der Waals surface area (Å²) in [6.07, 6.45) is 2.96. The number of piperidine rings is 1. The average Bonchev–Trinajstić information content (AvgIpc) is 2.84. The molecule has 1 unspecified atom stereocenters. The molecule has 2 aliphatic heterocycles. The highest BCUT2D eigenvalue weighted by Crippen LogP contribution is 2.29. The summed E-state index contributed by atoms with van der Waals surface area (Å²) in [6.45, 7) is 9.95. The number of ether oxygens (including phenoxy) is 2. The van der Waals surface area contributed by atoms with Crippen LogP contribution in [0.2, 0.25) is 0 Å². The largest absolute Gasteiger partial charge is 0.489 e. The smallest absolute Gasteiger partial charge is 0.339 e. The molecule has 2 aromatic rings. The van der Waals surface area contributed by atoms with Crippen molar-refractivity contribution in [1.29, 1.82) is 0 Å². The summed E-state index contributed by atoms with van der Waals surface area (Å²) in [4.78, 5) is 20.4. The standard InChI is InChI=1S/C29H36BrN3O3/c1-20-27(35-19-22-8-6-5-7-9-22)26(28(34)36-29(2,3)4)32-25(31-20)18-21-14-16-33(17-15-21)24-12-10-23(30)11-13-24/h5-13,21,26H,14-19H2,1-4H3,(H,31,32). The Morgan fingerprint density at radius 1 is 1.08 bits per heavy atom. The second-order valence-corrected chi connectivity index (χ2v) is 11.4. The lowest BCUT2D eigenvalue weighted by Crippen LogP contribution is -2.41. The van der Waals surface area contributed by atoms with E-state index >= 15 is 0 Å². The number of aliphatic imine (C=N–C) groups is 1. The van der Waals surface area contributed by atoms with Gasteiger partial charge in [0.25, 0.3) is 0 Å². The van der Waals surface area contributed by atoms with Gasteiger partial charge in [-0.3, -0.25) is 0 Å². The Morgan fingerprint density at radius 2 is 1.75 bits per heavy atom. The fourth-order valence-electron chi connectivity index (χ4n) is 4.59.